The number of hydrogen-bond acceptors (Lipinski definition) is 8. The molecule has 31 heavy (non-hydrogen) atoms. The van der Waals surface area contributed by atoms with Crippen LogP contribution < -0.4 is 0 Å². The van der Waals surface area contributed by atoms with E-state index in [9.17, 15) is 19.2 Å². The third-order valence-electron chi connectivity index (χ3n) is 4.28. The summed E-state index contributed by atoms with van der Waals surface area (Å²) in [5.74, 6) is -1.32. The lowest BCUT2D eigenvalue weighted by Gasteiger charge is -2.12. The van der Waals surface area contributed by atoms with Crippen LogP contribution in [-0.2, 0) is 41.5 Å². The summed E-state index contributed by atoms with van der Waals surface area (Å²) in [4.78, 5) is 52.6. The Balaban J connectivity index is 1.76. The van der Waals surface area contributed by atoms with Crippen LogP contribution >= 0.6 is 0 Å². The second kappa shape index (κ2) is 13.4. The van der Waals surface area contributed by atoms with Gasteiger partial charge in [0.25, 0.3) is 0 Å². The summed E-state index contributed by atoms with van der Waals surface area (Å²) in [5.41, 5.74) is 1.66. The van der Waals surface area contributed by atoms with Crippen LogP contribution in [0.5, 0.6) is 0 Å². The van der Waals surface area contributed by atoms with Crippen LogP contribution in [0, 0.1) is 0 Å². The molecule has 2 aromatic carbocycles. The second-order valence-electron chi connectivity index (χ2n) is 6.54. The van der Waals surface area contributed by atoms with Crippen molar-refractivity contribution in [3.63, 3.8) is 0 Å². The first kappa shape index (κ1) is 23.4. The highest BCUT2D eigenvalue weighted by Crippen LogP contribution is 2.09. The first-order chi connectivity index (χ1) is 15.1. The molecular formula is C23H22N2O6. The quantitative estimate of drug-likeness (QED) is 0.225. The van der Waals surface area contributed by atoms with Gasteiger partial charge in [0.15, 0.2) is 12.1 Å². The van der Waals surface area contributed by atoms with Gasteiger partial charge >= 0.3 is 11.9 Å². The lowest BCUT2D eigenvalue weighted by atomic mass is 10.1. The zero-order valence-electron chi connectivity index (χ0n) is 16.8. The van der Waals surface area contributed by atoms with E-state index in [0.717, 1.165) is 11.1 Å². The molecule has 0 aromatic heterocycles. The number of nitrogens with zero attached hydrogens (tertiary/aromatic N) is 2. The van der Waals surface area contributed by atoms with E-state index in [4.69, 9.17) is 9.47 Å². The number of aliphatic imine (C=N–C) groups is 2. The van der Waals surface area contributed by atoms with E-state index in [1.807, 2.05) is 60.7 Å². The molecule has 0 saturated heterocycles. The number of isocyanates is 2. The molecule has 2 aromatic rings. The van der Waals surface area contributed by atoms with Crippen molar-refractivity contribution in [2.45, 2.75) is 31.3 Å². The molecule has 0 bridgehead atoms. The maximum atomic E-state index is 12.2. The second-order valence-corrected chi connectivity index (χ2v) is 6.54. The minimum atomic E-state index is -0.986. The summed E-state index contributed by atoms with van der Waals surface area (Å²) >= 11 is 0. The number of hydrogen-bond donors (Lipinski definition) is 0. The summed E-state index contributed by atoms with van der Waals surface area (Å²) in [5, 5.41) is 0. The maximum Gasteiger partial charge on any atom is 0.332 e. The van der Waals surface area contributed by atoms with Crippen LogP contribution in [0.3, 0.4) is 0 Å². The summed E-state index contributed by atoms with van der Waals surface area (Å²) in [7, 11) is 0. The van der Waals surface area contributed by atoms with E-state index in [1.165, 1.54) is 12.2 Å². The molecule has 0 aliphatic rings. The van der Waals surface area contributed by atoms with Crippen molar-refractivity contribution in [3.05, 3.63) is 71.8 Å². The molecule has 0 aliphatic heterocycles. The predicted octanol–water partition coefficient (Wildman–Crippen LogP) is 2.36. The smallest absolute Gasteiger partial charge is 0.332 e. The van der Waals surface area contributed by atoms with Crippen LogP contribution in [0.25, 0.3) is 0 Å². The molecule has 0 N–H and O–H groups in total. The van der Waals surface area contributed by atoms with Gasteiger partial charge in [-0.2, -0.15) is 9.98 Å². The van der Waals surface area contributed by atoms with Gasteiger partial charge in [0.2, 0.25) is 12.2 Å². The van der Waals surface area contributed by atoms with E-state index in [0.29, 0.717) is 0 Å². The predicted molar refractivity (Wildman–Crippen MR) is 111 cm³/mol. The molecule has 160 valence electrons. The number of rotatable bonds is 12. The van der Waals surface area contributed by atoms with Crippen molar-refractivity contribution in [1.82, 2.24) is 0 Å². The van der Waals surface area contributed by atoms with E-state index in [2.05, 4.69) is 9.98 Å². The van der Waals surface area contributed by atoms with E-state index in [1.54, 1.807) is 0 Å². The van der Waals surface area contributed by atoms with Crippen molar-refractivity contribution in [1.29, 1.82) is 0 Å². The summed E-state index contributed by atoms with van der Waals surface area (Å²) in [6.07, 6.45) is 3.46. The van der Waals surface area contributed by atoms with Gasteiger partial charge in [-0.1, -0.05) is 60.7 Å². The normalized spacial score (nSPS) is 11.9. The third kappa shape index (κ3) is 8.58. The monoisotopic (exact) mass is 422 g/mol. The Labute approximate surface area is 179 Å². The molecule has 0 saturated carbocycles. The van der Waals surface area contributed by atoms with Gasteiger partial charge in [-0.25, -0.2) is 19.2 Å². The van der Waals surface area contributed by atoms with Crippen LogP contribution in [0.1, 0.15) is 17.5 Å². The van der Waals surface area contributed by atoms with Gasteiger partial charge in [0.1, 0.15) is 0 Å². The topological polar surface area (TPSA) is 111 Å². The highest BCUT2D eigenvalue weighted by atomic mass is 16.5. The maximum absolute atomic E-state index is 12.2. The molecule has 0 fully saturated rings. The summed E-state index contributed by atoms with van der Waals surface area (Å²) in [6.45, 7) is -0.0435. The molecule has 0 radical (unpaired) electrons. The van der Waals surface area contributed by atoms with Gasteiger partial charge in [-0.3, -0.25) is 0 Å². The first-order valence-corrected chi connectivity index (χ1v) is 9.69. The lowest BCUT2D eigenvalue weighted by molar-refractivity contribution is -0.147. The van der Waals surface area contributed by atoms with Crippen LogP contribution in [0.4, 0.5) is 0 Å². The molecule has 2 atom stereocenters. The van der Waals surface area contributed by atoms with Gasteiger partial charge < -0.3 is 9.47 Å². The first-order valence-electron chi connectivity index (χ1n) is 9.69. The Morgan fingerprint density at radius 1 is 0.710 bits per heavy atom. The van der Waals surface area contributed by atoms with Crippen LogP contribution in [0.15, 0.2) is 70.6 Å². The van der Waals surface area contributed by atoms with E-state index >= 15 is 0 Å². The Bertz CT molecular complexity index is 858. The molecule has 2 unspecified atom stereocenters. The SMILES string of the molecule is O=C=NC(Cc1ccccc1)C(=O)OCCCOC(=O)C(Cc1ccccc1)N=C=O. The fraction of sp³-hybridized carbons (Fsp3) is 0.304. The Kier molecular flexibility index (Phi) is 10.1. The number of benzene rings is 2. The van der Waals surface area contributed by atoms with Gasteiger partial charge in [0, 0.05) is 19.3 Å². The van der Waals surface area contributed by atoms with Crippen molar-refractivity contribution in [2.24, 2.45) is 9.98 Å². The van der Waals surface area contributed by atoms with Crippen molar-refractivity contribution in [2.75, 3.05) is 13.2 Å². The number of carbonyl (C=O) groups excluding carboxylic acids is 4. The van der Waals surface area contributed by atoms with Gasteiger partial charge in [-0.15, -0.1) is 0 Å². The van der Waals surface area contributed by atoms with Crippen LogP contribution in [0.2, 0.25) is 0 Å². The minimum Gasteiger partial charge on any atom is -0.464 e. The standard InChI is InChI=1S/C23H22N2O6/c26-16-24-20(14-18-8-3-1-4-9-18)22(28)30-12-7-13-31-23(29)21(25-17-27)15-19-10-5-2-6-11-19/h1-6,8-11,20-21H,7,12-15H2. The van der Waals surface area contributed by atoms with Crippen molar-refractivity contribution < 1.29 is 28.7 Å². The summed E-state index contributed by atoms with van der Waals surface area (Å²) < 4.78 is 10.3. The Morgan fingerprint density at radius 3 is 1.45 bits per heavy atom. The lowest BCUT2D eigenvalue weighted by Crippen LogP contribution is -2.26. The number of esters is 2. The molecule has 0 heterocycles. The zero-order valence-corrected chi connectivity index (χ0v) is 16.8. The molecule has 0 spiro atoms. The summed E-state index contributed by atoms with van der Waals surface area (Å²) in [6, 6.07) is 16.2. The van der Waals surface area contributed by atoms with Crippen molar-refractivity contribution in [3.8, 4) is 0 Å². The molecule has 2 rings (SSSR count). The third-order valence-corrected chi connectivity index (χ3v) is 4.28. The van der Waals surface area contributed by atoms with Gasteiger partial charge in [-0.05, 0) is 11.1 Å². The fourth-order valence-electron chi connectivity index (χ4n) is 2.76. The largest absolute Gasteiger partial charge is 0.464 e. The van der Waals surface area contributed by atoms with E-state index < -0.39 is 24.0 Å². The number of ether oxygens (including phenoxy) is 2. The zero-order chi connectivity index (χ0) is 22.3. The molecule has 8 heteroatoms. The fourth-order valence-corrected chi connectivity index (χ4v) is 2.76. The Morgan fingerprint density at radius 2 is 1.10 bits per heavy atom. The molecule has 0 aliphatic carbocycles. The Hall–Kier alpha value is -3.86. The van der Waals surface area contributed by atoms with Crippen molar-refractivity contribution >= 4 is 24.1 Å². The van der Waals surface area contributed by atoms with Crippen LogP contribution in [-0.4, -0.2) is 49.4 Å². The molecule has 0 amide bonds. The average Bonchev–Trinajstić information content (AvgIpc) is 2.79. The van der Waals surface area contributed by atoms with Gasteiger partial charge in [0.05, 0.1) is 13.2 Å². The molecule has 8 nitrogen and oxygen atoms in total. The highest BCUT2D eigenvalue weighted by Gasteiger charge is 2.21. The van der Waals surface area contributed by atoms with E-state index in [-0.39, 0.29) is 32.5 Å². The minimum absolute atomic E-state index is 0.0217. The number of carbonyl (C=O) groups is 2. The highest BCUT2D eigenvalue weighted by molar-refractivity contribution is 5.78. The average molecular weight is 422 g/mol. The molecular weight excluding hydrogens is 400 g/mol.